The second-order valence-corrected chi connectivity index (χ2v) is 7.74. The largest absolute Gasteiger partial charge is 0.341 e. The van der Waals surface area contributed by atoms with Crippen molar-refractivity contribution in [1.29, 1.82) is 0 Å². The lowest BCUT2D eigenvalue weighted by Gasteiger charge is -2.18. The number of para-hydroxylation sites is 1. The summed E-state index contributed by atoms with van der Waals surface area (Å²) >= 11 is 5.25. The number of hydrogen-bond donors (Lipinski definition) is 0. The summed E-state index contributed by atoms with van der Waals surface area (Å²) in [4.78, 5) is 18.7. The van der Waals surface area contributed by atoms with Crippen LogP contribution in [0.4, 0.5) is 0 Å². The molecule has 1 heterocycles. The number of aromatic nitrogens is 1. The maximum absolute atomic E-state index is 12.3. The summed E-state index contributed by atoms with van der Waals surface area (Å²) in [5.41, 5.74) is 2.18. The Kier molecular flexibility index (Phi) is 5.63. The van der Waals surface area contributed by atoms with Crippen LogP contribution in [0.1, 0.15) is 23.4 Å². The zero-order valence-corrected chi connectivity index (χ0v) is 15.9. The lowest BCUT2D eigenvalue weighted by atomic mass is 10.2. The minimum absolute atomic E-state index is 0.173. The van der Waals surface area contributed by atoms with Gasteiger partial charge in [-0.3, -0.25) is 4.79 Å². The first kappa shape index (κ1) is 17.1. The number of halogens is 1. The molecule has 0 aliphatic heterocycles. The molecule has 5 heteroatoms. The Morgan fingerprint density at radius 1 is 1.17 bits per heavy atom. The van der Waals surface area contributed by atoms with Crippen LogP contribution in [0.5, 0.6) is 0 Å². The van der Waals surface area contributed by atoms with Crippen molar-refractivity contribution in [2.24, 2.45) is 0 Å². The highest BCUT2D eigenvalue weighted by Gasteiger charge is 2.11. The monoisotopic (exact) mass is 402 g/mol. The van der Waals surface area contributed by atoms with Gasteiger partial charge in [0.15, 0.2) is 0 Å². The van der Waals surface area contributed by atoms with Gasteiger partial charge in [0.2, 0.25) is 5.91 Å². The second-order valence-electron chi connectivity index (χ2n) is 5.77. The Hall–Kier alpha value is -1.72. The van der Waals surface area contributed by atoms with Gasteiger partial charge in [0.25, 0.3) is 0 Å². The molecule has 2 aromatic carbocycles. The summed E-state index contributed by atoms with van der Waals surface area (Å²) in [6.07, 6.45) is 2.24. The minimum Gasteiger partial charge on any atom is -0.341 e. The molecule has 0 spiro atoms. The molecule has 1 aromatic heterocycles. The number of carbonyl (C=O) groups excluding carboxylic acids is 1. The lowest BCUT2D eigenvalue weighted by molar-refractivity contribution is -0.130. The fourth-order valence-electron chi connectivity index (χ4n) is 2.58. The molecule has 3 aromatic rings. The maximum Gasteiger partial charge on any atom is 0.222 e. The van der Waals surface area contributed by atoms with Crippen LogP contribution in [0.3, 0.4) is 0 Å². The number of hydrogen-bond acceptors (Lipinski definition) is 3. The molecule has 0 unspecified atom stereocenters. The van der Waals surface area contributed by atoms with Crippen molar-refractivity contribution < 1.29 is 4.79 Å². The summed E-state index contributed by atoms with van der Waals surface area (Å²) in [6, 6.07) is 16.2. The van der Waals surface area contributed by atoms with Crippen LogP contribution in [-0.4, -0.2) is 22.8 Å². The van der Waals surface area contributed by atoms with Crippen molar-refractivity contribution in [3.05, 3.63) is 63.6 Å². The SMILES string of the molecule is CN(Cc1ccccc1Br)C(=O)CCCc1nc2ccccc2s1. The zero-order valence-electron chi connectivity index (χ0n) is 13.5. The van der Waals surface area contributed by atoms with Gasteiger partial charge in [0.1, 0.15) is 0 Å². The van der Waals surface area contributed by atoms with Gasteiger partial charge in [0, 0.05) is 24.5 Å². The molecule has 0 radical (unpaired) electrons. The maximum atomic E-state index is 12.3. The van der Waals surface area contributed by atoms with Crippen LogP contribution in [0.25, 0.3) is 10.2 Å². The highest BCUT2D eigenvalue weighted by molar-refractivity contribution is 9.10. The second kappa shape index (κ2) is 7.90. The highest BCUT2D eigenvalue weighted by atomic mass is 79.9. The van der Waals surface area contributed by atoms with Gasteiger partial charge in [0.05, 0.1) is 15.2 Å². The van der Waals surface area contributed by atoms with E-state index in [9.17, 15) is 4.79 Å². The molecule has 3 nitrogen and oxygen atoms in total. The Morgan fingerprint density at radius 2 is 1.92 bits per heavy atom. The smallest absolute Gasteiger partial charge is 0.222 e. The third kappa shape index (κ3) is 4.22. The Labute approximate surface area is 154 Å². The van der Waals surface area contributed by atoms with Gasteiger partial charge in [-0.25, -0.2) is 4.98 Å². The number of thiazole rings is 1. The van der Waals surface area contributed by atoms with Gasteiger partial charge in [-0.05, 0) is 36.6 Å². The Bertz CT molecular complexity index is 813. The fraction of sp³-hybridized carbons (Fsp3) is 0.263. The van der Waals surface area contributed by atoms with Crippen molar-refractivity contribution >= 4 is 43.4 Å². The summed E-state index contributed by atoms with van der Waals surface area (Å²) < 4.78 is 2.25. The first-order valence-electron chi connectivity index (χ1n) is 7.95. The molecule has 3 rings (SSSR count). The first-order valence-corrected chi connectivity index (χ1v) is 9.56. The van der Waals surface area contributed by atoms with E-state index >= 15 is 0 Å². The number of rotatable bonds is 6. The van der Waals surface area contributed by atoms with Crippen LogP contribution in [0.2, 0.25) is 0 Å². The molecule has 0 atom stereocenters. The number of amides is 1. The number of carbonyl (C=O) groups is 1. The predicted molar refractivity (Wildman–Crippen MR) is 103 cm³/mol. The van der Waals surface area contributed by atoms with E-state index in [0.29, 0.717) is 13.0 Å². The topological polar surface area (TPSA) is 33.2 Å². The Morgan fingerprint density at radius 3 is 2.71 bits per heavy atom. The van der Waals surface area contributed by atoms with Crippen molar-refractivity contribution in [3.63, 3.8) is 0 Å². The molecular formula is C19H19BrN2OS. The van der Waals surface area contributed by atoms with Crippen molar-refractivity contribution in [1.82, 2.24) is 9.88 Å². The summed E-state index contributed by atoms with van der Waals surface area (Å²) in [5.74, 6) is 0.173. The Balaban J connectivity index is 1.50. The molecule has 0 aliphatic carbocycles. The van der Waals surface area contributed by atoms with E-state index in [0.717, 1.165) is 33.4 Å². The van der Waals surface area contributed by atoms with Gasteiger partial charge in [-0.2, -0.15) is 0 Å². The van der Waals surface area contributed by atoms with Gasteiger partial charge in [-0.1, -0.05) is 46.3 Å². The van der Waals surface area contributed by atoms with E-state index in [1.54, 1.807) is 16.2 Å². The van der Waals surface area contributed by atoms with E-state index in [-0.39, 0.29) is 5.91 Å². The highest BCUT2D eigenvalue weighted by Crippen LogP contribution is 2.23. The van der Waals surface area contributed by atoms with E-state index in [2.05, 4.69) is 27.0 Å². The summed E-state index contributed by atoms with van der Waals surface area (Å²) in [5, 5.41) is 1.11. The normalized spacial score (nSPS) is 10.9. The average molecular weight is 403 g/mol. The quantitative estimate of drug-likeness (QED) is 0.578. The number of benzene rings is 2. The molecule has 1 amide bonds. The molecule has 124 valence electrons. The molecule has 0 N–H and O–H groups in total. The van der Waals surface area contributed by atoms with Crippen molar-refractivity contribution in [2.45, 2.75) is 25.8 Å². The molecule has 0 bridgehead atoms. The third-order valence-corrected chi connectivity index (χ3v) is 5.78. The average Bonchev–Trinajstić information content (AvgIpc) is 2.99. The predicted octanol–water partition coefficient (Wildman–Crippen LogP) is 5.04. The first-order chi connectivity index (χ1) is 11.6. The van der Waals surface area contributed by atoms with E-state index in [1.165, 1.54) is 4.70 Å². The van der Waals surface area contributed by atoms with Gasteiger partial charge < -0.3 is 4.90 Å². The molecule has 0 fully saturated rings. The summed E-state index contributed by atoms with van der Waals surface area (Å²) in [6.45, 7) is 0.626. The van der Waals surface area contributed by atoms with Gasteiger partial charge in [-0.15, -0.1) is 11.3 Å². The lowest BCUT2D eigenvalue weighted by Crippen LogP contribution is -2.26. The zero-order chi connectivity index (χ0) is 16.9. The van der Waals surface area contributed by atoms with Crippen LogP contribution in [0, 0.1) is 0 Å². The minimum atomic E-state index is 0.173. The standard InChI is InChI=1S/C19H19BrN2OS/c1-22(13-14-7-2-3-8-15(14)20)19(23)12-6-11-18-21-16-9-4-5-10-17(16)24-18/h2-5,7-10H,6,11-13H2,1H3. The van der Waals surface area contributed by atoms with Crippen molar-refractivity contribution in [3.8, 4) is 0 Å². The van der Waals surface area contributed by atoms with E-state index in [4.69, 9.17) is 0 Å². The molecule has 0 aliphatic rings. The van der Waals surface area contributed by atoms with Crippen LogP contribution < -0.4 is 0 Å². The number of nitrogens with zero attached hydrogens (tertiary/aromatic N) is 2. The van der Waals surface area contributed by atoms with E-state index in [1.807, 2.05) is 49.5 Å². The van der Waals surface area contributed by atoms with Crippen LogP contribution in [-0.2, 0) is 17.8 Å². The van der Waals surface area contributed by atoms with Crippen molar-refractivity contribution in [2.75, 3.05) is 7.05 Å². The molecular weight excluding hydrogens is 384 g/mol. The van der Waals surface area contributed by atoms with Gasteiger partial charge >= 0.3 is 0 Å². The number of aryl methyl sites for hydroxylation is 1. The van der Waals surface area contributed by atoms with Crippen LogP contribution >= 0.6 is 27.3 Å². The molecule has 0 saturated carbocycles. The number of fused-ring (bicyclic) bond motifs is 1. The van der Waals surface area contributed by atoms with Crippen LogP contribution in [0.15, 0.2) is 53.0 Å². The fourth-order valence-corrected chi connectivity index (χ4v) is 4.00. The molecule has 24 heavy (non-hydrogen) atoms. The third-order valence-electron chi connectivity index (χ3n) is 3.91. The van der Waals surface area contributed by atoms with E-state index < -0.39 is 0 Å². The summed E-state index contributed by atoms with van der Waals surface area (Å²) in [7, 11) is 1.86. The molecule has 0 saturated heterocycles.